The molecule has 1 atom stereocenters. The second kappa shape index (κ2) is 10.2. The summed E-state index contributed by atoms with van der Waals surface area (Å²) in [5.74, 6) is 0.538. The van der Waals surface area contributed by atoms with Gasteiger partial charge in [0, 0.05) is 51.0 Å². The van der Waals surface area contributed by atoms with Crippen molar-refractivity contribution in [1.82, 2.24) is 4.90 Å². The average molecular weight is 438 g/mol. The number of hydrogen-bond donors (Lipinski definition) is 2. The van der Waals surface area contributed by atoms with Crippen molar-refractivity contribution in [2.45, 2.75) is 13.0 Å². The van der Waals surface area contributed by atoms with Crippen LogP contribution in [0.15, 0.2) is 42.5 Å². The Morgan fingerprint density at radius 2 is 1.79 bits per heavy atom. The van der Waals surface area contributed by atoms with Crippen LogP contribution in [0, 0.1) is 0 Å². The van der Waals surface area contributed by atoms with E-state index in [0.29, 0.717) is 28.0 Å². The van der Waals surface area contributed by atoms with E-state index in [1.807, 2.05) is 18.2 Å². The number of nitrogens with one attached hydrogen (secondary N) is 1. The summed E-state index contributed by atoms with van der Waals surface area (Å²) in [4.78, 5) is 15.5. The third-order valence-electron chi connectivity index (χ3n) is 4.73. The average Bonchev–Trinajstić information content (AvgIpc) is 2.70. The number of aliphatic hydroxyl groups excluding tert-OH is 1. The minimum atomic E-state index is -0.582. The van der Waals surface area contributed by atoms with Crippen LogP contribution in [0.2, 0.25) is 10.0 Å². The van der Waals surface area contributed by atoms with Crippen LogP contribution in [-0.4, -0.2) is 61.3 Å². The summed E-state index contributed by atoms with van der Waals surface area (Å²) in [5.41, 5.74) is 1.77. The summed E-state index contributed by atoms with van der Waals surface area (Å²) in [5, 5.41) is 14.1. The number of carbonyl (C=O) groups is 1. The van der Waals surface area contributed by atoms with Crippen molar-refractivity contribution < 1.29 is 14.6 Å². The monoisotopic (exact) mass is 437 g/mol. The predicted molar refractivity (Wildman–Crippen MR) is 117 cm³/mol. The van der Waals surface area contributed by atoms with E-state index in [2.05, 4.69) is 15.1 Å². The first kappa shape index (κ1) is 21.7. The van der Waals surface area contributed by atoms with E-state index >= 15 is 0 Å². The molecule has 0 unspecified atom stereocenters. The molecule has 0 radical (unpaired) electrons. The van der Waals surface area contributed by atoms with Gasteiger partial charge in [0.2, 0.25) is 5.91 Å². The molecule has 1 fully saturated rings. The zero-order chi connectivity index (χ0) is 20.8. The fourth-order valence-corrected chi connectivity index (χ4v) is 3.54. The van der Waals surface area contributed by atoms with E-state index in [0.717, 1.165) is 31.9 Å². The predicted octanol–water partition coefficient (Wildman–Crippen LogP) is 3.51. The molecule has 6 nitrogen and oxygen atoms in total. The van der Waals surface area contributed by atoms with Crippen LogP contribution < -0.4 is 15.0 Å². The third kappa shape index (κ3) is 6.51. The lowest BCUT2D eigenvalue weighted by Gasteiger charge is -2.37. The van der Waals surface area contributed by atoms with Gasteiger partial charge >= 0.3 is 0 Å². The van der Waals surface area contributed by atoms with Gasteiger partial charge in [0.1, 0.15) is 18.5 Å². The number of nitrogens with zero attached hydrogens (tertiary/aromatic N) is 2. The van der Waals surface area contributed by atoms with Gasteiger partial charge in [-0.05, 0) is 42.5 Å². The molecule has 1 aliphatic rings. The zero-order valence-corrected chi connectivity index (χ0v) is 17.8. The van der Waals surface area contributed by atoms with Crippen molar-refractivity contribution in [2.24, 2.45) is 0 Å². The Morgan fingerprint density at radius 1 is 1.10 bits per heavy atom. The number of piperazine rings is 1. The molecule has 1 aliphatic heterocycles. The lowest BCUT2D eigenvalue weighted by Crippen LogP contribution is -2.49. The van der Waals surface area contributed by atoms with E-state index < -0.39 is 6.10 Å². The molecular weight excluding hydrogens is 413 g/mol. The molecule has 0 bridgehead atoms. The summed E-state index contributed by atoms with van der Waals surface area (Å²) in [6.45, 7) is 5.65. The largest absolute Gasteiger partial charge is 0.491 e. The topological polar surface area (TPSA) is 65.0 Å². The van der Waals surface area contributed by atoms with E-state index in [1.165, 1.54) is 6.92 Å². The lowest BCUT2D eigenvalue weighted by molar-refractivity contribution is -0.114. The van der Waals surface area contributed by atoms with E-state index in [1.54, 1.807) is 24.3 Å². The standard InChI is InChI=1S/C21H25Cl2N3O3/c1-15(27)24-16-2-5-19(6-3-16)29-14-18(28)13-25-8-10-26(11-9-25)17-4-7-20(22)21(23)12-17/h2-7,12,18,28H,8-11,13-14H2,1H3,(H,24,27)/t18-/m0/s1. The molecule has 2 aromatic rings. The van der Waals surface area contributed by atoms with Crippen LogP contribution in [-0.2, 0) is 4.79 Å². The summed E-state index contributed by atoms with van der Waals surface area (Å²) in [7, 11) is 0. The number of carbonyl (C=O) groups excluding carboxylic acids is 1. The number of ether oxygens (including phenoxy) is 1. The minimum Gasteiger partial charge on any atom is -0.491 e. The van der Waals surface area contributed by atoms with Crippen molar-refractivity contribution in [3.63, 3.8) is 0 Å². The highest BCUT2D eigenvalue weighted by Gasteiger charge is 2.20. The number of amides is 1. The Balaban J connectivity index is 1.40. The van der Waals surface area contributed by atoms with Crippen LogP contribution in [0.1, 0.15) is 6.92 Å². The molecule has 29 heavy (non-hydrogen) atoms. The van der Waals surface area contributed by atoms with Crippen molar-refractivity contribution in [3.8, 4) is 5.75 Å². The van der Waals surface area contributed by atoms with Gasteiger partial charge in [0.05, 0.1) is 10.0 Å². The lowest BCUT2D eigenvalue weighted by atomic mass is 10.2. The van der Waals surface area contributed by atoms with Crippen LogP contribution >= 0.6 is 23.2 Å². The molecule has 2 N–H and O–H groups in total. The number of hydrogen-bond acceptors (Lipinski definition) is 5. The summed E-state index contributed by atoms with van der Waals surface area (Å²) < 4.78 is 5.66. The van der Waals surface area contributed by atoms with Gasteiger partial charge in [-0.3, -0.25) is 9.69 Å². The van der Waals surface area contributed by atoms with Crippen molar-refractivity contribution in [2.75, 3.05) is 49.5 Å². The molecule has 2 aromatic carbocycles. The normalized spacial score (nSPS) is 15.8. The second-order valence-electron chi connectivity index (χ2n) is 7.06. The Kier molecular flexibility index (Phi) is 7.61. The van der Waals surface area contributed by atoms with Gasteiger partial charge in [0.25, 0.3) is 0 Å². The quantitative estimate of drug-likeness (QED) is 0.693. The molecule has 1 heterocycles. The molecule has 8 heteroatoms. The van der Waals surface area contributed by atoms with E-state index in [-0.39, 0.29) is 12.5 Å². The maximum atomic E-state index is 11.0. The maximum Gasteiger partial charge on any atom is 0.221 e. The van der Waals surface area contributed by atoms with E-state index in [4.69, 9.17) is 27.9 Å². The number of halogens is 2. The highest BCUT2D eigenvalue weighted by molar-refractivity contribution is 6.42. The molecule has 0 aromatic heterocycles. The van der Waals surface area contributed by atoms with Crippen molar-refractivity contribution in [1.29, 1.82) is 0 Å². The number of benzene rings is 2. The third-order valence-corrected chi connectivity index (χ3v) is 5.47. The number of aliphatic hydroxyl groups is 1. The Hall–Kier alpha value is -1.99. The number of anilines is 2. The fourth-order valence-electron chi connectivity index (χ4n) is 3.25. The summed E-state index contributed by atoms with van der Waals surface area (Å²) in [6.07, 6.45) is -0.582. The first-order valence-electron chi connectivity index (χ1n) is 9.51. The van der Waals surface area contributed by atoms with Crippen LogP contribution in [0.25, 0.3) is 0 Å². The van der Waals surface area contributed by atoms with Crippen LogP contribution in [0.4, 0.5) is 11.4 Å². The van der Waals surface area contributed by atoms with E-state index in [9.17, 15) is 9.90 Å². The molecule has 0 saturated carbocycles. The van der Waals surface area contributed by atoms with Gasteiger partial charge in [0.15, 0.2) is 0 Å². The van der Waals surface area contributed by atoms with Crippen molar-refractivity contribution >= 4 is 40.5 Å². The molecule has 0 aliphatic carbocycles. The zero-order valence-electron chi connectivity index (χ0n) is 16.3. The molecule has 0 spiro atoms. The Labute approximate surface area is 181 Å². The molecule has 1 amide bonds. The maximum absolute atomic E-state index is 11.0. The number of rotatable bonds is 7. The van der Waals surface area contributed by atoms with Gasteiger partial charge < -0.3 is 20.1 Å². The van der Waals surface area contributed by atoms with Crippen LogP contribution in [0.3, 0.4) is 0 Å². The Bertz CT molecular complexity index is 824. The highest BCUT2D eigenvalue weighted by Crippen LogP contribution is 2.27. The second-order valence-corrected chi connectivity index (χ2v) is 7.87. The van der Waals surface area contributed by atoms with Gasteiger partial charge in [-0.1, -0.05) is 23.2 Å². The fraction of sp³-hybridized carbons (Fsp3) is 0.381. The Morgan fingerprint density at radius 3 is 2.41 bits per heavy atom. The van der Waals surface area contributed by atoms with Gasteiger partial charge in [-0.25, -0.2) is 0 Å². The van der Waals surface area contributed by atoms with Gasteiger partial charge in [-0.2, -0.15) is 0 Å². The molecule has 156 valence electrons. The van der Waals surface area contributed by atoms with Gasteiger partial charge in [-0.15, -0.1) is 0 Å². The first-order chi connectivity index (χ1) is 13.9. The minimum absolute atomic E-state index is 0.117. The smallest absolute Gasteiger partial charge is 0.221 e. The first-order valence-corrected chi connectivity index (χ1v) is 10.3. The molecular formula is C21H25Cl2N3O3. The highest BCUT2D eigenvalue weighted by atomic mass is 35.5. The van der Waals surface area contributed by atoms with Crippen molar-refractivity contribution in [3.05, 3.63) is 52.5 Å². The number of β-amino-alcohol motifs (C(OH)–C–C–N with tert-alkyl or cyclic N) is 1. The molecule has 1 saturated heterocycles. The SMILES string of the molecule is CC(=O)Nc1ccc(OC[C@@H](O)CN2CCN(c3ccc(Cl)c(Cl)c3)CC2)cc1. The summed E-state index contributed by atoms with van der Waals surface area (Å²) >= 11 is 12.1. The summed E-state index contributed by atoms with van der Waals surface area (Å²) in [6, 6.07) is 12.8. The van der Waals surface area contributed by atoms with Crippen LogP contribution in [0.5, 0.6) is 5.75 Å². The molecule has 3 rings (SSSR count).